The van der Waals surface area contributed by atoms with Gasteiger partial charge in [-0.25, -0.2) is 9.69 Å². The lowest BCUT2D eigenvalue weighted by atomic mass is 10.3. The van der Waals surface area contributed by atoms with Gasteiger partial charge in [0.25, 0.3) is 0 Å². The molecule has 1 aromatic carbocycles. The Morgan fingerprint density at radius 3 is 2.14 bits per heavy atom. The van der Waals surface area contributed by atoms with E-state index in [4.69, 9.17) is 5.73 Å². The Morgan fingerprint density at radius 1 is 1.29 bits per heavy atom. The standard InChI is InChI=1S/C9H9IN2O2/c1-6(13)12(9(11)14)8-4-2-7(10)3-5-8/h2-5H,1H3,(H2,11,14). The molecule has 0 saturated carbocycles. The molecule has 0 aliphatic rings. The van der Waals surface area contributed by atoms with Crippen LogP contribution in [0.4, 0.5) is 10.5 Å². The minimum absolute atomic E-state index is 0.390. The van der Waals surface area contributed by atoms with Crippen LogP contribution in [-0.4, -0.2) is 11.9 Å². The number of benzene rings is 1. The summed E-state index contributed by atoms with van der Waals surface area (Å²) in [7, 11) is 0. The molecule has 0 aromatic heterocycles. The van der Waals surface area contributed by atoms with Crippen LogP contribution in [0.15, 0.2) is 24.3 Å². The molecule has 0 atom stereocenters. The molecule has 0 saturated heterocycles. The van der Waals surface area contributed by atoms with E-state index in [0.29, 0.717) is 5.69 Å². The summed E-state index contributed by atoms with van der Waals surface area (Å²) in [5, 5.41) is 0. The van der Waals surface area contributed by atoms with Crippen LogP contribution in [-0.2, 0) is 4.79 Å². The highest BCUT2D eigenvalue weighted by Gasteiger charge is 2.16. The highest BCUT2D eigenvalue weighted by molar-refractivity contribution is 14.1. The molecule has 74 valence electrons. The first-order valence-corrected chi connectivity index (χ1v) is 4.96. The molecule has 0 spiro atoms. The number of carbonyl (C=O) groups excluding carboxylic acids is 2. The monoisotopic (exact) mass is 304 g/mol. The van der Waals surface area contributed by atoms with E-state index in [9.17, 15) is 9.59 Å². The fourth-order valence-corrected chi connectivity index (χ4v) is 1.41. The van der Waals surface area contributed by atoms with Crippen molar-refractivity contribution in [2.75, 3.05) is 4.90 Å². The van der Waals surface area contributed by atoms with Gasteiger partial charge >= 0.3 is 6.03 Å². The number of hydrogen-bond donors (Lipinski definition) is 1. The zero-order chi connectivity index (χ0) is 10.7. The lowest BCUT2D eigenvalue weighted by molar-refractivity contribution is -0.115. The van der Waals surface area contributed by atoms with Gasteiger partial charge in [-0.05, 0) is 46.9 Å². The number of hydrogen-bond acceptors (Lipinski definition) is 2. The zero-order valence-electron chi connectivity index (χ0n) is 7.53. The van der Waals surface area contributed by atoms with Crippen molar-refractivity contribution in [1.82, 2.24) is 0 Å². The maximum Gasteiger partial charge on any atom is 0.326 e. The molecule has 2 N–H and O–H groups in total. The van der Waals surface area contributed by atoms with E-state index in [2.05, 4.69) is 22.6 Å². The van der Waals surface area contributed by atoms with Gasteiger partial charge in [0.15, 0.2) is 0 Å². The predicted molar refractivity (Wildman–Crippen MR) is 61.9 cm³/mol. The number of carbonyl (C=O) groups is 2. The summed E-state index contributed by atoms with van der Waals surface area (Å²) in [4.78, 5) is 23.0. The van der Waals surface area contributed by atoms with Crippen molar-refractivity contribution in [2.24, 2.45) is 5.73 Å². The number of nitrogens with zero attached hydrogens (tertiary/aromatic N) is 1. The molecule has 1 rings (SSSR count). The predicted octanol–water partition coefficient (Wildman–Crippen LogP) is 1.72. The van der Waals surface area contributed by atoms with E-state index in [1.165, 1.54) is 6.92 Å². The van der Waals surface area contributed by atoms with Gasteiger partial charge in [0.1, 0.15) is 0 Å². The third-order valence-electron chi connectivity index (χ3n) is 1.62. The van der Waals surface area contributed by atoms with Gasteiger partial charge in [-0.15, -0.1) is 0 Å². The third kappa shape index (κ3) is 2.44. The van der Waals surface area contributed by atoms with Gasteiger partial charge in [0, 0.05) is 10.5 Å². The molecule has 0 bridgehead atoms. The van der Waals surface area contributed by atoms with Crippen LogP contribution >= 0.6 is 22.6 Å². The van der Waals surface area contributed by atoms with E-state index in [0.717, 1.165) is 8.47 Å². The molecule has 14 heavy (non-hydrogen) atoms. The van der Waals surface area contributed by atoms with Crippen LogP contribution in [0, 0.1) is 3.57 Å². The van der Waals surface area contributed by atoms with E-state index in [1.54, 1.807) is 24.3 Å². The topological polar surface area (TPSA) is 63.4 Å². The van der Waals surface area contributed by atoms with Crippen LogP contribution in [0.5, 0.6) is 0 Å². The highest BCUT2D eigenvalue weighted by Crippen LogP contribution is 2.16. The molecule has 0 heterocycles. The SMILES string of the molecule is CC(=O)N(C(N)=O)c1ccc(I)cc1. The molecule has 0 aliphatic carbocycles. The van der Waals surface area contributed by atoms with E-state index in [1.807, 2.05) is 0 Å². The first-order valence-electron chi connectivity index (χ1n) is 3.88. The molecule has 0 unspecified atom stereocenters. The highest BCUT2D eigenvalue weighted by atomic mass is 127. The number of anilines is 1. The molecular weight excluding hydrogens is 295 g/mol. The number of imide groups is 1. The second-order valence-electron chi connectivity index (χ2n) is 2.67. The smallest absolute Gasteiger partial charge is 0.326 e. The van der Waals surface area contributed by atoms with Gasteiger partial charge in [0.05, 0.1) is 5.69 Å². The third-order valence-corrected chi connectivity index (χ3v) is 2.34. The molecule has 0 fully saturated rings. The Labute approximate surface area is 95.2 Å². The van der Waals surface area contributed by atoms with Gasteiger partial charge < -0.3 is 5.73 Å². The van der Waals surface area contributed by atoms with Crippen molar-refractivity contribution in [3.05, 3.63) is 27.8 Å². The summed E-state index contributed by atoms with van der Waals surface area (Å²) in [5.74, 6) is -0.390. The van der Waals surface area contributed by atoms with Crippen molar-refractivity contribution in [2.45, 2.75) is 6.92 Å². The summed E-state index contributed by atoms with van der Waals surface area (Å²) in [5.41, 5.74) is 5.56. The Hall–Kier alpha value is -1.11. The Morgan fingerprint density at radius 2 is 1.79 bits per heavy atom. The fraction of sp³-hybridized carbons (Fsp3) is 0.111. The van der Waals surface area contributed by atoms with Crippen molar-refractivity contribution < 1.29 is 9.59 Å². The average molecular weight is 304 g/mol. The number of primary amides is 1. The molecule has 3 amide bonds. The quantitative estimate of drug-likeness (QED) is 0.803. The van der Waals surface area contributed by atoms with E-state index >= 15 is 0 Å². The van der Waals surface area contributed by atoms with E-state index < -0.39 is 11.9 Å². The fourth-order valence-electron chi connectivity index (χ4n) is 1.05. The molecule has 1 aromatic rings. The van der Waals surface area contributed by atoms with Crippen molar-refractivity contribution in [3.63, 3.8) is 0 Å². The van der Waals surface area contributed by atoms with Crippen molar-refractivity contribution in [1.29, 1.82) is 0 Å². The van der Waals surface area contributed by atoms with Crippen LogP contribution in [0.25, 0.3) is 0 Å². The van der Waals surface area contributed by atoms with Crippen molar-refractivity contribution in [3.8, 4) is 0 Å². The van der Waals surface area contributed by atoms with Crippen LogP contribution < -0.4 is 10.6 Å². The van der Waals surface area contributed by atoms with Crippen LogP contribution in [0.3, 0.4) is 0 Å². The van der Waals surface area contributed by atoms with Gasteiger partial charge in [-0.3, -0.25) is 4.79 Å². The van der Waals surface area contributed by atoms with Crippen LogP contribution in [0.2, 0.25) is 0 Å². The number of halogens is 1. The minimum atomic E-state index is -0.765. The number of amides is 3. The maximum atomic E-state index is 11.1. The first-order chi connectivity index (χ1) is 6.52. The number of nitrogens with two attached hydrogens (primary N) is 1. The second kappa shape index (κ2) is 4.41. The molecular formula is C9H9IN2O2. The van der Waals surface area contributed by atoms with Crippen LogP contribution in [0.1, 0.15) is 6.92 Å². The first kappa shape index (κ1) is 11.0. The van der Waals surface area contributed by atoms with Gasteiger partial charge in [-0.1, -0.05) is 0 Å². The van der Waals surface area contributed by atoms with E-state index in [-0.39, 0.29) is 0 Å². The van der Waals surface area contributed by atoms with Gasteiger partial charge in [0.2, 0.25) is 5.91 Å². The van der Waals surface area contributed by atoms with Gasteiger partial charge in [-0.2, -0.15) is 0 Å². The lowest BCUT2D eigenvalue weighted by Gasteiger charge is -2.16. The van der Waals surface area contributed by atoms with Crippen molar-refractivity contribution >= 4 is 40.2 Å². The Balaban J connectivity index is 3.06. The number of urea groups is 1. The zero-order valence-corrected chi connectivity index (χ0v) is 9.69. The minimum Gasteiger partial charge on any atom is -0.351 e. The summed E-state index contributed by atoms with van der Waals surface area (Å²) < 4.78 is 1.03. The summed E-state index contributed by atoms with van der Waals surface area (Å²) in [6.07, 6.45) is 0. The lowest BCUT2D eigenvalue weighted by Crippen LogP contribution is -2.39. The molecule has 0 aliphatic heterocycles. The maximum absolute atomic E-state index is 11.1. The number of rotatable bonds is 1. The molecule has 5 heteroatoms. The Bertz CT molecular complexity index is 348. The largest absolute Gasteiger partial charge is 0.351 e. The summed E-state index contributed by atoms with van der Waals surface area (Å²) >= 11 is 2.13. The second-order valence-corrected chi connectivity index (χ2v) is 3.91. The molecule has 4 nitrogen and oxygen atoms in total. The summed E-state index contributed by atoms with van der Waals surface area (Å²) in [6.45, 7) is 1.29. The normalized spacial score (nSPS) is 9.57. The summed E-state index contributed by atoms with van der Waals surface area (Å²) in [6, 6.07) is 6.18. The molecule has 0 radical (unpaired) electrons. The Kier molecular flexibility index (Phi) is 3.45. The average Bonchev–Trinajstić information content (AvgIpc) is 2.07.